The maximum absolute atomic E-state index is 6.63. The van der Waals surface area contributed by atoms with Crippen molar-refractivity contribution in [1.82, 2.24) is 25.4 Å². The summed E-state index contributed by atoms with van der Waals surface area (Å²) in [5.41, 5.74) is 9.01. The Balaban J connectivity index is 1.38. The van der Waals surface area contributed by atoms with Gasteiger partial charge in [0.1, 0.15) is 0 Å². The van der Waals surface area contributed by atoms with Gasteiger partial charge in [0.25, 0.3) is 0 Å². The number of H-pyrrole nitrogens is 1. The Hall–Kier alpha value is -3.02. The van der Waals surface area contributed by atoms with Crippen molar-refractivity contribution in [3.8, 4) is 0 Å². The maximum atomic E-state index is 6.63. The Morgan fingerprint density at radius 2 is 2.11 bits per heavy atom. The summed E-state index contributed by atoms with van der Waals surface area (Å²) >= 11 is 1.49. The second-order valence-corrected chi connectivity index (χ2v) is 7.54. The van der Waals surface area contributed by atoms with E-state index in [-0.39, 0.29) is 0 Å². The number of morpholine rings is 1. The topological polar surface area (TPSA) is 130 Å². The van der Waals surface area contributed by atoms with Gasteiger partial charge in [-0.2, -0.15) is 5.10 Å². The molecule has 0 aromatic carbocycles. The monoisotopic (exact) mass is 397 g/mol. The molecule has 5 N–H and O–H groups in total. The first-order valence-electron chi connectivity index (χ1n) is 8.88. The van der Waals surface area contributed by atoms with Gasteiger partial charge >= 0.3 is 0 Å². The van der Waals surface area contributed by atoms with Crippen LogP contribution in [0.2, 0.25) is 0 Å². The number of rotatable bonds is 4. The number of hydrogen-bond donors (Lipinski definition) is 4. The highest BCUT2D eigenvalue weighted by Gasteiger charge is 2.33. The predicted octanol–water partition coefficient (Wildman–Crippen LogP) is 1.49. The van der Waals surface area contributed by atoms with Crippen molar-refractivity contribution in [2.24, 2.45) is 5.73 Å². The molecule has 1 atom stereocenters. The molecule has 10 nitrogen and oxygen atoms in total. The molecule has 0 radical (unpaired) electrons. The van der Waals surface area contributed by atoms with Crippen LogP contribution in [0.4, 0.5) is 22.2 Å². The number of aromatic nitrogens is 5. The van der Waals surface area contributed by atoms with E-state index in [0.29, 0.717) is 18.2 Å². The first-order chi connectivity index (χ1) is 13.7. The van der Waals surface area contributed by atoms with E-state index in [4.69, 9.17) is 10.5 Å². The van der Waals surface area contributed by atoms with Crippen molar-refractivity contribution in [3.05, 3.63) is 41.4 Å². The van der Waals surface area contributed by atoms with Crippen LogP contribution in [0, 0.1) is 0 Å². The maximum Gasteiger partial charge on any atom is 0.208 e. The molecule has 0 aliphatic carbocycles. The number of nitrogens with two attached hydrogens (primary N) is 1. The molecule has 0 saturated carbocycles. The highest BCUT2D eigenvalue weighted by atomic mass is 32.1. The third-order valence-corrected chi connectivity index (χ3v) is 5.74. The van der Waals surface area contributed by atoms with E-state index >= 15 is 0 Å². The summed E-state index contributed by atoms with van der Waals surface area (Å²) in [6.07, 6.45) is 9.02. The van der Waals surface area contributed by atoms with E-state index in [1.165, 1.54) is 11.3 Å². The molecule has 0 amide bonds. The predicted molar refractivity (Wildman–Crippen MR) is 108 cm³/mol. The van der Waals surface area contributed by atoms with Crippen LogP contribution in [-0.2, 0) is 10.4 Å². The van der Waals surface area contributed by atoms with E-state index in [9.17, 15) is 0 Å². The van der Waals surface area contributed by atoms with Crippen molar-refractivity contribution in [3.63, 3.8) is 0 Å². The van der Waals surface area contributed by atoms with E-state index in [2.05, 4.69) is 40.9 Å². The molecule has 3 aromatic rings. The van der Waals surface area contributed by atoms with Crippen LogP contribution in [0.3, 0.4) is 0 Å². The van der Waals surface area contributed by atoms with Gasteiger partial charge in [-0.15, -0.1) is 10.2 Å². The Morgan fingerprint density at radius 1 is 1.21 bits per heavy atom. The molecule has 5 rings (SSSR count). The van der Waals surface area contributed by atoms with E-state index in [0.717, 1.165) is 41.0 Å². The summed E-state index contributed by atoms with van der Waals surface area (Å²) in [7, 11) is 0. The molecule has 0 bridgehead atoms. The summed E-state index contributed by atoms with van der Waals surface area (Å²) in [5, 5.41) is 23.5. The summed E-state index contributed by atoms with van der Waals surface area (Å²) in [4.78, 5) is 6.65. The lowest BCUT2D eigenvalue weighted by Crippen LogP contribution is -2.44. The second-order valence-electron chi connectivity index (χ2n) is 6.59. The van der Waals surface area contributed by atoms with E-state index in [1.54, 1.807) is 18.6 Å². The normalized spacial score (nSPS) is 21.2. The van der Waals surface area contributed by atoms with Crippen LogP contribution in [-0.4, -0.2) is 51.7 Å². The number of hydrogen-bond acceptors (Lipinski definition) is 10. The molecule has 2 aliphatic rings. The minimum Gasteiger partial charge on any atom is -0.378 e. The van der Waals surface area contributed by atoms with Crippen molar-refractivity contribution >= 4 is 39.6 Å². The molecular weight excluding hydrogens is 378 g/mol. The first-order valence-corrected chi connectivity index (χ1v) is 9.70. The standard InChI is InChI=1S/C17H19N9OS/c18-17(15-24-25-16(28-15)26-3-5-27-6-4-26)2-1-13-14(23-17)7-11(8-19-13)22-12-9-20-21-10-12/h1-2,7-10,22-23H,3-6,18H2,(H,20,21). The largest absolute Gasteiger partial charge is 0.378 e. The van der Waals surface area contributed by atoms with Gasteiger partial charge in [-0.1, -0.05) is 11.3 Å². The van der Waals surface area contributed by atoms with Crippen molar-refractivity contribution in [1.29, 1.82) is 0 Å². The summed E-state index contributed by atoms with van der Waals surface area (Å²) in [5.74, 6) is 0. The lowest BCUT2D eigenvalue weighted by molar-refractivity contribution is 0.122. The van der Waals surface area contributed by atoms with Gasteiger partial charge in [-0.3, -0.25) is 15.8 Å². The SMILES string of the molecule is NC1(c2nnc(N3CCOCC3)s2)C=Cc2ncc(Nc3cn[nH]c3)cc2N1. The van der Waals surface area contributed by atoms with Crippen molar-refractivity contribution in [2.45, 2.75) is 5.66 Å². The van der Waals surface area contributed by atoms with Gasteiger partial charge in [0.2, 0.25) is 5.13 Å². The fourth-order valence-electron chi connectivity index (χ4n) is 3.13. The minimum absolute atomic E-state index is 0.698. The Labute approximate surface area is 164 Å². The van der Waals surface area contributed by atoms with Gasteiger partial charge in [-0.25, -0.2) is 0 Å². The number of nitrogens with one attached hydrogen (secondary N) is 3. The van der Waals surface area contributed by atoms with Crippen molar-refractivity contribution < 1.29 is 4.74 Å². The van der Waals surface area contributed by atoms with Crippen LogP contribution < -0.4 is 21.3 Å². The average Bonchev–Trinajstić information content (AvgIpc) is 3.41. The highest BCUT2D eigenvalue weighted by Crippen LogP contribution is 2.35. The molecule has 144 valence electrons. The van der Waals surface area contributed by atoms with Crippen LogP contribution in [0.25, 0.3) is 6.08 Å². The number of nitrogens with zero attached hydrogens (tertiary/aromatic N) is 5. The van der Waals surface area contributed by atoms with Gasteiger partial charge in [0.15, 0.2) is 10.7 Å². The number of pyridine rings is 1. The number of ether oxygens (including phenoxy) is 1. The molecule has 5 heterocycles. The first kappa shape index (κ1) is 17.1. The lowest BCUT2D eigenvalue weighted by Gasteiger charge is -2.30. The zero-order valence-corrected chi connectivity index (χ0v) is 15.7. The second kappa shape index (κ2) is 6.86. The smallest absolute Gasteiger partial charge is 0.208 e. The van der Waals surface area contributed by atoms with Crippen LogP contribution >= 0.6 is 11.3 Å². The molecule has 1 fully saturated rings. The van der Waals surface area contributed by atoms with Crippen LogP contribution in [0.15, 0.2) is 30.7 Å². The third kappa shape index (κ3) is 3.19. The number of fused-ring (bicyclic) bond motifs is 1. The Bertz CT molecular complexity index is 996. The molecular formula is C17H19N9OS. The molecule has 0 spiro atoms. The van der Waals surface area contributed by atoms with Crippen LogP contribution in [0.1, 0.15) is 10.7 Å². The van der Waals surface area contributed by atoms with Crippen molar-refractivity contribution in [2.75, 3.05) is 41.8 Å². The summed E-state index contributed by atoms with van der Waals surface area (Å²) in [6, 6.07) is 1.96. The summed E-state index contributed by atoms with van der Waals surface area (Å²) in [6.45, 7) is 3.02. The zero-order chi connectivity index (χ0) is 19.0. The molecule has 11 heteroatoms. The zero-order valence-electron chi connectivity index (χ0n) is 14.9. The van der Waals surface area contributed by atoms with E-state index in [1.807, 2.05) is 18.2 Å². The van der Waals surface area contributed by atoms with E-state index < -0.39 is 5.66 Å². The minimum atomic E-state index is -0.939. The molecule has 1 saturated heterocycles. The van der Waals surface area contributed by atoms with Gasteiger partial charge in [-0.05, 0) is 18.2 Å². The van der Waals surface area contributed by atoms with Gasteiger partial charge in [0.05, 0.1) is 48.4 Å². The number of anilines is 4. The average molecular weight is 397 g/mol. The number of aromatic amines is 1. The quantitative estimate of drug-likeness (QED) is 0.517. The Morgan fingerprint density at radius 3 is 2.93 bits per heavy atom. The fraction of sp³-hybridized carbons (Fsp3) is 0.294. The van der Waals surface area contributed by atoms with Gasteiger partial charge in [0, 0.05) is 19.3 Å². The molecule has 28 heavy (non-hydrogen) atoms. The highest BCUT2D eigenvalue weighted by molar-refractivity contribution is 7.15. The van der Waals surface area contributed by atoms with Gasteiger partial charge < -0.3 is 20.3 Å². The lowest BCUT2D eigenvalue weighted by atomic mass is 10.1. The summed E-state index contributed by atoms with van der Waals surface area (Å²) < 4.78 is 5.40. The molecule has 1 unspecified atom stereocenters. The third-order valence-electron chi connectivity index (χ3n) is 4.60. The fourth-order valence-corrected chi connectivity index (χ4v) is 4.06. The Kier molecular flexibility index (Phi) is 4.19. The molecule has 2 aliphatic heterocycles. The molecule has 3 aromatic heterocycles. The van der Waals surface area contributed by atoms with Crippen LogP contribution in [0.5, 0.6) is 0 Å².